The van der Waals surface area contributed by atoms with Gasteiger partial charge in [-0.15, -0.1) is 0 Å². The molecule has 1 heterocycles. The number of allylic oxidation sites excluding steroid dienone is 1. The summed E-state index contributed by atoms with van der Waals surface area (Å²) in [4.78, 5) is 4.25. The number of nitrogens with zero attached hydrogens (tertiary/aromatic N) is 1. The quantitative estimate of drug-likeness (QED) is 0.640. The molecule has 0 saturated heterocycles. The highest BCUT2D eigenvalue weighted by atomic mass is 16.3. The monoisotopic (exact) mass is 183 g/mol. The molecule has 2 atom stereocenters. The van der Waals surface area contributed by atoms with E-state index in [-0.39, 0.29) is 5.92 Å². The summed E-state index contributed by atoms with van der Waals surface area (Å²) in [7, 11) is 0. The highest BCUT2D eigenvalue weighted by Crippen LogP contribution is 2.24. The van der Waals surface area contributed by atoms with E-state index in [0.717, 1.165) is 5.57 Å². The fraction of sp³-hybridized carbons (Fsp3) is 0.700. The van der Waals surface area contributed by atoms with Crippen molar-refractivity contribution in [2.75, 3.05) is 0 Å². The number of rotatable bonds is 1. The minimum absolute atomic E-state index is 0.182. The van der Waals surface area contributed by atoms with E-state index in [1.807, 2.05) is 27.7 Å². The minimum atomic E-state index is -0.831. The van der Waals surface area contributed by atoms with Gasteiger partial charge in [-0.1, -0.05) is 19.4 Å². The second-order valence-corrected chi connectivity index (χ2v) is 3.97. The van der Waals surface area contributed by atoms with Crippen LogP contribution in [0.4, 0.5) is 0 Å². The van der Waals surface area contributed by atoms with Crippen LogP contribution in [0.15, 0.2) is 16.3 Å². The van der Waals surface area contributed by atoms with Crippen LogP contribution < -0.4 is 0 Å². The molecule has 74 valence electrons. The molecular formula is C10H17NO2. The molecule has 0 spiro atoms. The number of aliphatic imine (C=N–C) groups is 1. The van der Waals surface area contributed by atoms with Crippen molar-refractivity contribution in [1.82, 2.24) is 0 Å². The van der Waals surface area contributed by atoms with Gasteiger partial charge in [0.25, 0.3) is 0 Å². The molecule has 0 aromatic rings. The summed E-state index contributed by atoms with van der Waals surface area (Å²) in [5.41, 5.74) is 2.27. The van der Waals surface area contributed by atoms with E-state index in [2.05, 4.69) is 4.99 Å². The van der Waals surface area contributed by atoms with Gasteiger partial charge >= 0.3 is 0 Å². The van der Waals surface area contributed by atoms with Crippen LogP contribution in [0.5, 0.6) is 0 Å². The Balaban J connectivity index is 3.03. The fourth-order valence-corrected chi connectivity index (χ4v) is 1.46. The second-order valence-electron chi connectivity index (χ2n) is 3.97. The lowest BCUT2D eigenvalue weighted by atomic mass is 10.0. The highest BCUT2D eigenvalue weighted by Gasteiger charge is 2.33. The zero-order chi connectivity index (χ0) is 10.2. The molecular weight excluding hydrogens is 166 g/mol. The molecule has 1 aliphatic heterocycles. The first-order valence-corrected chi connectivity index (χ1v) is 4.57. The number of hydrogen-bond acceptors (Lipinski definition) is 3. The first kappa shape index (κ1) is 10.4. The van der Waals surface area contributed by atoms with E-state index in [0.29, 0.717) is 11.4 Å². The van der Waals surface area contributed by atoms with Crippen molar-refractivity contribution in [2.24, 2.45) is 10.9 Å². The summed E-state index contributed by atoms with van der Waals surface area (Å²) < 4.78 is 0. The molecule has 0 saturated carbocycles. The van der Waals surface area contributed by atoms with Crippen LogP contribution in [-0.2, 0) is 0 Å². The number of aliphatic hydroxyl groups is 2. The molecule has 0 amide bonds. The van der Waals surface area contributed by atoms with Crippen LogP contribution in [0.2, 0.25) is 0 Å². The normalized spacial score (nSPS) is 28.2. The van der Waals surface area contributed by atoms with Gasteiger partial charge in [0, 0.05) is 0 Å². The maximum atomic E-state index is 9.63. The molecule has 0 aromatic heterocycles. The second kappa shape index (κ2) is 3.60. The van der Waals surface area contributed by atoms with Crippen molar-refractivity contribution < 1.29 is 10.2 Å². The molecule has 0 aromatic carbocycles. The van der Waals surface area contributed by atoms with Gasteiger partial charge in [0.15, 0.2) is 0 Å². The standard InChI is InChI=1S/C10H17NO2/c1-5(2)7-9(12)10(13)8(11-7)6(3)4/h5,9-10,12-13H,1-4H3/t9-,10-/m0/s1. The molecule has 0 fully saturated rings. The van der Waals surface area contributed by atoms with Crippen LogP contribution in [0.1, 0.15) is 27.7 Å². The van der Waals surface area contributed by atoms with Crippen LogP contribution in [0.25, 0.3) is 0 Å². The van der Waals surface area contributed by atoms with Crippen LogP contribution >= 0.6 is 0 Å². The molecule has 0 aliphatic carbocycles. The van der Waals surface area contributed by atoms with E-state index < -0.39 is 12.2 Å². The lowest BCUT2D eigenvalue weighted by Crippen LogP contribution is -2.31. The van der Waals surface area contributed by atoms with Gasteiger partial charge in [-0.05, 0) is 19.8 Å². The van der Waals surface area contributed by atoms with Gasteiger partial charge in [0.05, 0.1) is 11.4 Å². The lowest BCUT2D eigenvalue weighted by Gasteiger charge is -2.12. The maximum absolute atomic E-state index is 9.63. The molecule has 2 N–H and O–H groups in total. The third kappa shape index (κ3) is 1.81. The van der Waals surface area contributed by atoms with Crippen molar-refractivity contribution >= 4 is 5.71 Å². The van der Waals surface area contributed by atoms with E-state index >= 15 is 0 Å². The largest absolute Gasteiger partial charge is 0.384 e. The number of aliphatic hydroxyl groups excluding tert-OH is 2. The SMILES string of the molecule is CC(C)=C1N=C(C(C)C)[C@H](O)[C@H]1O. The van der Waals surface area contributed by atoms with Gasteiger partial charge in [-0.3, -0.25) is 4.99 Å². The Bertz CT molecular complexity index is 262. The van der Waals surface area contributed by atoms with Crippen molar-refractivity contribution in [2.45, 2.75) is 39.9 Å². The summed E-state index contributed by atoms with van der Waals surface area (Å²) in [5.74, 6) is 0.182. The zero-order valence-corrected chi connectivity index (χ0v) is 8.57. The average molecular weight is 183 g/mol. The van der Waals surface area contributed by atoms with E-state index in [4.69, 9.17) is 0 Å². The maximum Gasteiger partial charge on any atom is 0.127 e. The first-order chi connectivity index (χ1) is 5.95. The first-order valence-electron chi connectivity index (χ1n) is 4.57. The molecule has 3 nitrogen and oxygen atoms in total. The van der Waals surface area contributed by atoms with Gasteiger partial charge in [-0.25, -0.2) is 0 Å². The molecule has 0 unspecified atom stereocenters. The zero-order valence-electron chi connectivity index (χ0n) is 8.57. The summed E-state index contributed by atoms with van der Waals surface area (Å²) >= 11 is 0. The summed E-state index contributed by atoms with van der Waals surface area (Å²) in [6, 6.07) is 0. The van der Waals surface area contributed by atoms with Gasteiger partial charge in [0.1, 0.15) is 12.2 Å². The predicted octanol–water partition coefficient (Wildman–Crippen LogP) is 1.11. The van der Waals surface area contributed by atoms with Crippen LogP contribution in [0.3, 0.4) is 0 Å². The Morgan fingerprint density at radius 1 is 1.23 bits per heavy atom. The third-order valence-corrected chi connectivity index (χ3v) is 2.24. The van der Waals surface area contributed by atoms with Crippen LogP contribution in [0, 0.1) is 5.92 Å². The Morgan fingerprint density at radius 3 is 2.00 bits per heavy atom. The summed E-state index contributed by atoms with van der Waals surface area (Å²) in [6.45, 7) is 7.70. The Kier molecular flexibility index (Phi) is 2.88. The van der Waals surface area contributed by atoms with Gasteiger partial charge in [0.2, 0.25) is 0 Å². The molecule has 13 heavy (non-hydrogen) atoms. The smallest absolute Gasteiger partial charge is 0.127 e. The predicted molar refractivity (Wildman–Crippen MR) is 52.7 cm³/mol. The number of hydrogen-bond donors (Lipinski definition) is 2. The highest BCUT2D eigenvalue weighted by molar-refractivity contribution is 5.94. The Labute approximate surface area is 78.8 Å². The van der Waals surface area contributed by atoms with Gasteiger partial charge in [-0.2, -0.15) is 0 Å². The molecule has 1 rings (SSSR count). The Morgan fingerprint density at radius 2 is 1.77 bits per heavy atom. The van der Waals surface area contributed by atoms with Gasteiger partial charge < -0.3 is 10.2 Å². The van der Waals surface area contributed by atoms with Crippen LogP contribution in [-0.4, -0.2) is 28.1 Å². The Hall–Kier alpha value is -0.670. The van der Waals surface area contributed by atoms with E-state index in [9.17, 15) is 10.2 Å². The van der Waals surface area contributed by atoms with E-state index in [1.165, 1.54) is 0 Å². The van der Waals surface area contributed by atoms with Crippen molar-refractivity contribution in [3.63, 3.8) is 0 Å². The summed E-state index contributed by atoms with van der Waals surface area (Å²) in [6.07, 6.45) is -1.65. The summed E-state index contributed by atoms with van der Waals surface area (Å²) in [5, 5.41) is 19.3. The molecule has 0 bridgehead atoms. The minimum Gasteiger partial charge on any atom is -0.384 e. The van der Waals surface area contributed by atoms with E-state index in [1.54, 1.807) is 0 Å². The average Bonchev–Trinajstić information content (AvgIpc) is 2.29. The molecule has 0 radical (unpaired) electrons. The third-order valence-electron chi connectivity index (χ3n) is 2.24. The topological polar surface area (TPSA) is 52.8 Å². The van der Waals surface area contributed by atoms with Crippen molar-refractivity contribution in [1.29, 1.82) is 0 Å². The molecule has 1 aliphatic rings. The van der Waals surface area contributed by atoms with Crippen molar-refractivity contribution in [3.8, 4) is 0 Å². The lowest BCUT2D eigenvalue weighted by molar-refractivity contribution is 0.0902. The van der Waals surface area contributed by atoms with Crippen molar-refractivity contribution in [3.05, 3.63) is 11.3 Å². The fourth-order valence-electron chi connectivity index (χ4n) is 1.46. The molecule has 3 heteroatoms.